The molecule has 9 heteroatoms. The molecule has 2 aromatic rings. The van der Waals surface area contributed by atoms with Crippen LogP contribution in [-0.2, 0) is 16.4 Å². The van der Waals surface area contributed by atoms with Crippen LogP contribution in [0, 0.1) is 5.82 Å². The van der Waals surface area contributed by atoms with Gasteiger partial charge in [0, 0.05) is 22.2 Å². The van der Waals surface area contributed by atoms with E-state index in [0.717, 1.165) is 4.90 Å². The highest BCUT2D eigenvalue weighted by atomic mass is 35.5. The zero-order chi connectivity index (χ0) is 20.1. The third kappa shape index (κ3) is 3.49. The summed E-state index contributed by atoms with van der Waals surface area (Å²) in [6.45, 7) is 0.132. The van der Waals surface area contributed by atoms with Crippen LogP contribution in [0.25, 0.3) is 0 Å². The van der Waals surface area contributed by atoms with Gasteiger partial charge in [0.25, 0.3) is 0 Å². The van der Waals surface area contributed by atoms with Crippen molar-refractivity contribution in [3.05, 3.63) is 58.9 Å². The summed E-state index contributed by atoms with van der Waals surface area (Å²) >= 11 is 7.69. The molecule has 2 fully saturated rings. The van der Waals surface area contributed by atoms with Gasteiger partial charge in [0.05, 0.1) is 23.6 Å². The molecule has 0 unspecified atom stereocenters. The lowest BCUT2D eigenvalue weighted by atomic mass is 10.1. The van der Waals surface area contributed by atoms with Gasteiger partial charge in [0.1, 0.15) is 5.82 Å². The standard InChI is InChI=1S/C19H18ClFN2O3S2/c1-27-15-4-2-3-14(8-15)23-18-11-28(25,26)10-17(18)22(19(23)24)9-12-5-6-13(21)7-16(12)20/h2-8,17-18H,9-11H2,1H3/t17-,18+/m0/s1. The molecule has 0 saturated carbocycles. The van der Waals surface area contributed by atoms with Crippen molar-refractivity contribution in [3.63, 3.8) is 0 Å². The van der Waals surface area contributed by atoms with E-state index in [4.69, 9.17) is 11.6 Å². The van der Waals surface area contributed by atoms with Crippen molar-refractivity contribution in [1.29, 1.82) is 0 Å². The lowest BCUT2D eigenvalue weighted by Crippen LogP contribution is -2.37. The van der Waals surface area contributed by atoms with E-state index in [2.05, 4.69) is 0 Å². The molecular weight excluding hydrogens is 423 g/mol. The summed E-state index contributed by atoms with van der Waals surface area (Å²) < 4.78 is 38.0. The van der Waals surface area contributed by atoms with Crippen LogP contribution in [0.5, 0.6) is 0 Å². The van der Waals surface area contributed by atoms with E-state index in [-0.39, 0.29) is 29.1 Å². The molecule has 0 aromatic heterocycles. The first-order valence-electron chi connectivity index (χ1n) is 8.67. The molecule has 0 bridgehead atoms. The normalized spacial score (nSPS) is 23.3. The topological polar surface area (TPSA) is 57.7 Å². The van der Waals surface area contributed by atoms with Crippen molar-refractivity contribution < 1.29 is 17.6 Å². The smallest absolute Gasteiger partial charge is 0.314 e. The Bertz CT molecular complexity index is 1050. The number of urea groups is 1. The van der Waals surface area contributed by atoms with Crippen molar-refractivity contribution in [2.24, 2.45) is 0 Å². The number of carbonyl (C=O) groups excluding carboxylic acids is 1. The zero-order valence-corrected chi connectivity index (χ0v) is 17.4. The predicted molar refractivity (Wildman–Crippen MR) is 109 cm³/mol. The second-order valence-corrected chi connectivity index (χ2v) is 10.4. The van der Waals surface area contributed by atoms with Crippen molar-refractivity contribution in [3.8, 4) is 0 Å². The number of amides is 2. The van der Waals surface area contributed by atoms with Gasteiger partial charge in [0.15, 0.2) is 9.84 Å². The maximum absolute atomic E-state index is 13.4. The van der Waals surface area contributed by atoms with Crippen LogP contribution in [0.3, 0.4) is 0 Å². The van der Waals surface area contributed by atoms with Crippen LogP contribution >= 0.6 is 23.4 Å². The molecule has 148 valence electrons. The first kappa shape index (κ1) is 19.5. The Kier molecular flexibility index (Phi) is 5.05. The summed E-state index contributed by atoms with van der Waals surface area (Å²) in [7, 11) is -3.26. The Morgan fingerprint density at radius 1 is 1.18 bits per heavy atom. The number of halogens is 2. The molecular formula is C19H18ClFN2O3S2. The highest BCUT2D eigenvalue weighted by Gasteiger charge is 2.53. The molecule has 2 aliphatic rings. The minimum atomic E-state index is -3.26. The Morgan fingerprint density at radius 3 is 2.64 bits per heavy atom. The molecule has 2 heterocycles. The van der Waals surface area contributed by atoms with Gasteiger partial charge in [-0.3, -0.25) is 4.90 Å². The molecule has 2 saturated heterocycles. The van der Waals surface area contributed by atoms with Crippen molar-refractivity contribution in [2.45, 2.75) is 23.5 Å². The summed E-state index contributed by atoms with van der Waals surface area (Å²) in [5.41, 5.74) is 1.26. The minimum absolute atomic E-state index is 0.0689. The lowest BCUT2D eigenvalue weighted by Gasteiger charge is -2.23. The predicted octanol–water partition coefficient (Wildman–Crippen LogP) is 3.81. The highest BCUT2D eigenvalue weighted by molar-refractivity contribution is 7.98. The van der Waals surface area contributed by atoms with E-state index in [1.807, 2.05) is 30.5 Å². The molecule has 0 N–H and O–H groups in total. The van der Waals surface area contributed by atoms with E-state index in [1.165, 1.54) is 18.2 Å². The van der Waals surface area contributed by atoms with Crippen molar-refractivity contribution >= 4 is 44.9 Å². The lowest BCUT2D eigenvalue weighted by molar-refractivity contribution is 0.206. The molecule has 2 aliphatic heterocycles. The third-order valence-electron chi connectivity index (χ3n) is 5.16. The number of hydrogen-bond acceptors (Lipinski definition) is 4. The second kappa shape index (κ2) is 7.24. The number of anilines is 1. The third-order valence-corrected chi connectivity index (χ3v) is 7.94. The average Bonchev–Trinajstić information content (AvgIpc) is 3.07. The van der Waals surface area contributed by atoms with E-state index in [9.17, 15) is 17.6 Å². The van der Waals surface area contributed by atoms with Gasteiger partial charge in [-0.25, -0.2) is 17.6 Å². The van der Waals surface area contributed by atoms with Gasteiger partial charge < -0.3 is 4.90 Å². The van der Waals surface area contributed by atoms with Gasteiger partial charge >= 0.3 is 6.03 Å². The van der Waals surface area contributed by atoms with Crippen LogP contribution < -0.4 is 4.90 Å². The SMILES string of the molecule is CSc1cccc(N2C(=O)N(Cc3ccc(F)cc3Cl)[C@H]3CS(=O)(=O)C[C@H]32)c1. The number of sulfone groups is 1. The number of benzene rings is 2. The van der Waals surface area contributed by atoms with Gasteiger partial charge in [-0.15, -0.1) is 11.8 Å². The quantitative estimate of drug-likeness (QED) is 0.536. The first-order chi connectivity index (χ1) is 13.3. The number of hydrogen-bond donors (Lipinski definition) is 0. The van der Waals surface area contributed by atoms with Crippen LogP contribution in [0.1, 0.15) is 5.56 Å². The fourth-order valence-corrected chi connectivity index (χ4v) is 6.49. The number of thioether (sulfide) groups is 1. The Labute approximate surface area is 172 Å². The summed E-state index contributed by atoms with van der Waals surface area (Å²) in [6, 6.07) is 10.3. The molecule has 0 spiro atoms. The molecule has 0 radical (unpaired) electrons. The molecule has 28 heavy (non-hydrogen) atoms. The van der Waals surface area contributed by atoms with E-state index >= 15 is 0 Å². The van der Waals surface area contributed by atoms with Crippen molar-refractivity contribution in [1.82, 2.24) is 4.90 Å². The van der Waals surface area contributed by atoms with Gasteiger partial charge in [-0.2, -0.15) is 0 Å². The molecule has 2 aromatic carbocycles. The monoisotopic (exact) mass is 440 g/mol. The number of nitrogens with zero attached hydrogens (tertiary/aromatic N) is 2. The maximum Gasteiger partial charge on any atom is 0.325 e. The van der Waals surface area contributed by atoms with Gasteiger partial charge in [0.2, 0.25) is 0 Å². The van der Waals surface area contributed by atoms with Crippen LogP contribution in [-0.4, -0.2) is 49.2 Å². The Balaban J connectivity index is 1.72. The summed E-state index contributed by atoms with van der Waals surface area (Å²) in [4.78, 5) is 17.4. The van der Waals surface area contributed by atoms with Crippen LogP contribution in [0.4, 0.5) is 14.9 Å². The number of carbonyl (C=O) groups is 1. The average molecular weight is 441 g/mol. The summed E-state index contributed by atoms with van der Waals surface area (Å²) in [5, 5.41) is 0.216. The maximum atomic E-state index is 13.4. The van der Waals surface area contributed by atoms with Gasteiger partial charge in [-0.1, -0.05) is 23.7 Å². The first-order valence-corrected chi connectivity index (χ1v) is 12.1. The fraction of sp³-hybridized carbons (Fsp3) is 0.316. The highest BCUT2D eigenvalue weighted by Crippen LogP contribution is 2.37. The number of fused-ring (bicyclic) bond motifs is 1. The number of rotatable bonds is 4. The minimum Gasteiger partial charge on any atom is -0.314 e. The van der Waals surface area contributed by atoms with E-state index in [0.29, 0.717) is 11.3 Å². The van der Waals surface area contributed by atoms with Crippen LogP contribution in [0.15, 0.2) is 47.4 Å². The second-order valence-electron chi connectivity index (χ2n) is 6.93. The van der Waals surface area contributed by atoms with E-state index in [1.54, 1.807) is 21.6 Å². The van der Waals surface area contributed by atoms with Crippen LogP contribution in [0.2, 0.25) is 5.02 Å². The molecule has 0 aliphatic carbocycles. The van der Waals surface area contributed by atoms with Crippen molar-refractivity contribution in [2.75, 3.05) is 22.7 Å². The molecule has 4 rings (SSSR count). The largest absolute Gasteiger partial charge is 0.325 e. The molecule has 5 nitrogen and oxygen atoms in total. The zero-order valence-electron chi connectivity index (χ0n) is 15.0. The van der Waals surface area contributed by atoms with E-state index < -0.39 is 27.7 Å². The summed E-state index contributed by atoms with van der Waals surface area (Å²) in [5.74, 6) is -0.611. The summed E-state index contributed by atoms with van der Waals surface area (Å²) in [6.07, 6.45) is 1.94. The Hall–Kier alpha value is -1.77. The Morgan fingerprint density at radius 2 is 1.93 bits per heavy atom. The van der Waals surface area contributed by atoms with Gasteiger partial charge in [-0.05, 0) is 42.2 Å². The molecule has 2 atom stereocenters. The fourth-order valence-electron chi connectivity index (χ4n) is 3.86. The molecule has 2 amide bonds.